The number of halogens is 4. The number of amides is 1. The van der Waals surface area contributed by atoms with Crippen molar-refractivity contribution in [2.75, 3.05) is 4.90 Å². The number of ether oxygens (including phenoxy) is 1. The number of carbonyl (C=O) groups excluding carboxylic acids is 1. The number of benzene rings is 1. The summed E-state index contributed by atoms with van der Waals surface area (Å²) in [5.41, 5.74) is -1.86. The molecule has 0 bridgehead atoms. The topological polar surface area (TPSA) is 79.7 Å². The number of alkyl halides is 3. The number of hydrogen-bond donors (Lipinski definition) is 1. The van der Waals surface area contributed by atoms with Crippen molar-refractivity contribution in [2.24, 2.45) is 11.8 Å². The number of carbonyl (C=O) groups is 2. The fourth-order valence-electron chi connectivity index (χ4n) is 4.32. The minimum Gasteiger partial charge on any atom is -0.478 e. The molecule has 1 saturated carbocycles. The van der Waals surface area contributed by atoms with Crippen LogP contribution in [0.5, 0.6) is 11.6 Å². The molecule has 1 N–H and O–H groups in total. The third kappa shape index (κ3) is 5.85. The normalized spacial score (nSPS) is 18.1. The lowest BCUT2D eigenvalue weighted by atomic mass is 9.82. The summed E-state index contributed by atoms with van der Waals surface area (Å²) in [4.78, 5) is 30.3. The number of aromatic nitrogens is 1. The van der Waals surface area contributed by atoms with Crippen molar-refractivity contribution in [3.63, 3.8) is 0 Å². The molecule has 2 aromatic rings. The molecule has 0 saturated heterocycles. The molecule has 10 heteroatoms. The summed E-state index contributed by atoms with van der Waals surface area (Å²) in [7, 11) is 0. The van der Waals surface area contributed by atoms with Crippen LogP contribution in [0.1, 0.15) is 67.9 Å². The van der Waals surface area contributed by atoms with Gasteiger partial charge in [-0.05, 0) is 57.1 Å². The molecule has 6 nitrogen and oxygen atoms in total. The first-order valence-corrected chi connectivity index (χ1v) is 11.6. The van der Waals surface area contributed by atoms with Gasteiger partial charge in [0, 0.05) is 30.3 Å². The monoisotopic (exact) mass is 508 g/mol. The van der Waals surface area contributed by atoms with Crippen LogP contribution in [0.15, 0.2) is 31.0 Å². The Morgan fingerprint density at radius 1 is 1.19 bits per heavy atom. The van der Waals surface area contributed by atoms with Crippen molar-refractivity contribution in [1.82, 2.24) is 4.98 Å². The lowest BCUT2D eigenvalue weighted by Gasteiger charge is -2.34. The van der Waals surface area contributed by atoms with Crippen LogP contribution in [0.25, 0.3) is 6.08 Å². The number of anilines is 1. The molecule has 0 aliphatic heterocycles. The van der Waals surface area contributed by atoms with E-state index in [1.807, 2.05) is 0 Å². The first-order valence-electron chi connectivity index (χ1n) is 11.6. The lowest BCUT2D eigenvalue weighted by molar-refractivity contribution is -0.139. The number of carboxylic acids is 1. The summed E-state index contributed by atoms with van der Waals surface area (Å²) < 4.78 is 60.9. The smallest absolute Gasteiger partial charge is 0.421 e. The van der Waals surface area contributed by atoms with Crippen LogP contribution in [0.3, 0.4) is 0 Å². The van der Waals surface area contributed by atoms with Crippen LogP contribution in [0, 0.1) is 17.7 Å². The molecule has 1 aliphatic rings. The summed E-state index contributed by atoms with van der Waals surface area (Å²) in [6.45, 7) is 8.85. The average molecular weight is 509 g/mol. The van der Waals surface area contributed by atoms with E-state index in [1.54, 1.807) is 13.8 Å². The first-order chi connectivity index (χ1) is 16.8. The maximum Gasteiger partial charge on any atom is 0.421 e. The number of hydrogen-bond acceptors (Lipinski definition) is 4. The fourth-order valence-corrected chi connectivity index (χ4v) is 4.32. The van der Waals surface area contributed by atoms with Crippen LogP contribution in [-0.2, 0) is 11.0 Å². The number of aromatic carboxylic acids is 1. The lowest BCUT2D eigenvalue weighted by Crippen LogP contribution is -2.43. The van der Waals surface area contributed by atoms with Gasteiger partial charge < -0.3 is 14.7 Å². The van der Waals surface area contributed by atoms with Crippen molar-refractivity contribution in [1.29, 1.82) is 0 Å². The molecule has 0 unspecified atom stereocenters. The molecule has 0 radical (unpaired) electrons. The van der Waals surface area contributed by atoms with Crippen LogP contribution < -0.4 is 9.64 Å². The zero-order valence-corrected chi connectivity index (χ0v) is 20.2. The highest BCUT2D eigenvalue weighted by Gasteiger charge is 2.37. The quantitative estimate of drug-likeness (QED) is 0.410. The maximum atomic E-state index is 15.2. The van der Waals surface area contributed by atoms with E-state index in [-0.39, 0.29) is 23.1 Å². The van der Waals surface area contributed by atoms with Gasteiger partial charge in [0.1, 0.15) is 5.56 Å². The van der Waals surface area contributed by atoms with Gasteiger partial charge in [0.15, 0.2) is 11.6 Å². The van der Waals surface area contributed by atoms with E-state index in [0.29, 0.717) is 18.8 Å². The second-order valence-corrected chi connectivity index (χ2v) is 9.29. The largest absolute Gasteiger partial charge is 0.478 e. The van der Waals surface area contributed by atoms with E-state index in [2.05, 4.69) is 18.5 Å². The van der Waals surface area contributed by atoms with Gasteiger partial charge in [-0.2, -0.15) is 13.2 Å². The summed E-state index contributed by atoms with van der Waals surface area (Å²) in [6.07, 6.45) is 0.346. The van der Waals surface area contributed by atoms with Gasteiger partial charge in [0.05, 0.1) is 11.3 Å². The van der Waals surface area contributed by atoms with Crippen LogP contribution in [0.4, 0.5) is 23.2 Å². The molecule has 1 heterocycles. The van der Waals surface area contributed by atoms with Crippen molar-refractivity contribution in [3.05, 3.63) is 53.5 Å². The predicted molar refractivity (Wildman–Crippen MR) is 127 cm³/mol. The molecule has 1 aromatic carbocycles. The Balaban J connectivity index is 2.05. The summed E-state index contributed by atoms with van der Waals surface area (Å²) >= 11 is 0. The Morgan fingerprint density at radius 2 is 1.83 bits per heavy atom. The molecule has 1 amide bonds. The fraction of sp³-hybridized carbons (Fsp3) is 0.423. The van der Waals surface area contributed by atoms with Crippen LogP contribution in [0.2, 0.25) is 0 Å². The standard InChI is InChI=1S/C26H28F4N2O4/c1-5-16-10-19(26(28,29)30)23(31-13-16)36-22-11-18(25(34)35)21(12-20(22)27)32(14(2)3)24(33)17-8-6-15(4)7-9-17/h5,10-15,17H,1,6-9H2,2-4H3,(H,34,35). The number of rotatable bonds is 7. The Labute approximate surface area is 206 Å². The molecular formula is C26H28F4N2O4. The van der Waals surface area contributed by atoms with Gasteiger partial charge in [-0.15, -0.1) is 0 Å². The Kier molecular flexibility index (Phi) is 8.05. The van der Waals surface area contributed by atoms with Gasteiger partial charge in [-0.3, -0.25) is 4.79 Å². The molecular weight excluding hydrogens is 480 g/mol. The van der Waals surface area contributed by atoms with Crippen molar-refractivity contribution in [3.8, 4) is 11.6 Å². The van der Waals surface area contributed by atoms with Crippen molar-refractivity contribution in [2.45, 2.75) is 58.7 Å². The maximum absolute atomic E-state index is 15.2. The molecule has 194 valence electrons. The second-order valence-electron chi connectivity index (χ2n) is 9.29. The van der Waals surface area contributed by atoms with Crippen LogP contribution >= 0.6 is 0 Å². The second kappa shape index (κ2) is 10.7. The average Bonchev–Trinajstić information content (AvgIpc) is 2.80. The van der Waals surface area contributed by atoms with E-state index in [4.69, 9.17) is 4.74 Å². The Hall–Kier alpha value is -3.43. The number of nitrogens with zero attached hydrogens (tertiary/aromatic N) is 2. The highest BCUT2D eigenvalue weighted by Crippen LogP contribution is 2.40. The number of pyridine rings is 1. The zero-order chi connectivity index (χ0) is 26.8. The number of carboxylic acid groups (broad SMARTS) is 1. The molecule has 3 rings (SSSR count). The highest BCUT2D eigenvalue weighted by atomic mass is 19.4. The van der Waals surface area contributed by atoms with E-state index in [1.165, 1.54) is 4.90 Å². The van der Waals surface area contributed by atoms with E-state index in [0.717, 1.165) is 43.3 Å². The molecule has 1 aromatic heterocycles. The molecule has 36 heavy (non-hydrogen) atoms. The van der Waals surface area contributed by atoms with Gasteiger partial charge >= 0.3 is 12.1 Å². The van der Waals surface area contributed by atoms with E-state index >= 15 is 4.39 Å². The predicted octanol–water partition coefficient (Wildman–Crippen LogP) is 6.94. The van der Waals surface area contributed by atoms with E-state index in [9.17, 15) is 27.9 Å². The van der Waals surface area contributed by atoms with E-state index < -0.39 is 46.8 Å². The first kappa shape index (κ1) is 27.2. The zero-order valence-electron chi connectivity index (χ0n) is 20.2. The molecule has 0 atom stereocenters. The van der Waals surface area contributed by atoms with Gasteiger partial charge in [-0.25, -0.2) is 14.2 Å². The van der Waals surface area contributed by atoms with Gasteiger partial charge in [-0.1, -0.05) is 19.6 Å². The van der Waals surface area contributed by atoms with Crippen molar-refractivity contribution >= 4 is 23.6 Å². The third-order valence-electron chi connectivity index (χ3n) is 6.28. The SMILES string of the molecule is C=Cc1cnc(Oc2cc(C(=O)O)c(N(C(=O)C3CCC(C)CC3)C(C)C)cc2F)c(C(F)(F)F)c1. The highest BCUT2D eigenvalue weighted by molar-refractivity contribution is 6.03. The minimum absolute atomic E-state index is 0.0694. The van der Waals surface area contributed by atoms with Gasteiger partial charge in [0.2, 0.25) is 11.8 Å². The molecule has 1 fully saturated rings. The van der Waals surface area contributed by atoms with Crippen LogP contribution in [-0.4, -0.2) is 28.0 Å². The van der Waals surface area contributed by atoms with Crippen molar-refractivity contribution < 1.29 is 37.0 Å². The minimum atomic E-state index is -4.87. The Bertz CT molecular complexity index is 1160. The van der Waals surface area contributed by atoms with Gasteiger partial charge in [0.25, 0.3) is 0 Å². The molecule has 0 spiro atoms. The summed E-state index contributed by atoms with van der Waals surface area (Å²) in [5, 5.41) is 9.83. The molecule has 1 aliphatic carbocycles. The Morgan fingerprint density at radius 3 is 2.36 bits per heavy atom. The summed E-state index contributed by atoms with van der Waals surface area (Å²) in [6, 6.07) is 1.84. The third-order valence-corrected chi connectivity index (χ3v) is 6.28. The summed E-state index contributed by atoms with van der Waals surface area (Å²) in [5.74, 6) is -4.47.